The van der Waals surface area contributed by atoms with E-state index in [4.69, 9.17) is 4.74 Å². The van der Waals surface area contributed by atoms with E-state index in [1.165, 1.54) is 0 Å². The van der Waals surface area contributed by atoms with Crippen LogP contribution in [0, 0.1) is 0 Å². The number of unbranched alkanes of at least 4 members (excludes halogenated alkanes) is 3. The maximum atomic E-state index is 9.94. The van der Waals surface area contributed by atoms with Gasteiger partial charge in [-0.15, -0.1) is 0 Å². The Morgan fingerprint density at radius 1 is 1.08 bits per heavy atom. The van der Waals surface area contributed by atoms with E-state index in [-0.39, 0.29) is 0 Å². The normalized spacial score (nSPS) is 10.8. The van der Waals surface area contributed by atoms with Gasteiger partial charge in [-0.2, -0.15) is 0 Å². The summed E-state index contributed by atoms with van der Waals surface area (Å²) in [4.78, 5) is 9.94. The highest BCUT2D eigenvalue weighted by atomic mass is 16.5. The molecule has 0 saturated carbocycles. The molecule has 0 saturated heterocycles. The third kappa shape index (κ3) is 9.37. The van der Waals surface area contributed by atoms with Crippen molar-refractivity contribution in [2.24, 2.45) is 0 Å². The zero-order valence-corrected chi connectivity index (χ0v) is 7.79. The molecule has 0 unspecified atom stereocenters. The second-order valence-electron chi connectivity index (χ2n) is 2.70. The van der Waals surface area contributed by atoms with E-state index in [9.17, 15) is 4.79 Å². The van der Waals surface area contributed by atoms with Crippen LogP contribution in [0.25, 0.3) is 0 Å². The fourth-order valence-corrected chi connectivity index (χ4v) is 0.911. The van der Waals surface area contributed by atoms with E-state index in [1.54, 1.807) is 7.11 Å². The van der Waals surface area contributed by atoms with Crippen molar-refractivity contribution >= 4 is 6.29 Å². The summed E-state index contributed by atoms with van der Waals surface area (Å²) in [6.45, 7) is 0.796. The summed E-state index contributed by atoms with van der Waals surface area (Å²) >= 11 is 0. The van der Waals surface area contributed by atoms with E-state index in [0.29, 0.717) is 6.42 Å². The molecule has 0 atom stereocenters. The molecular weight excluding hydrogens is 152 g/mol. The van der Waals surface area contributed by atoms with Crippen LogP contribution < -0.4 is 0 Å². The Kier molecular flexibility index (Phi) is 9.83. The van der Waals surface area contributed by atoms with Gasteiger partial charge in [0.25, 0.3) is 0 Å². The van der Waals surface area contributed by atoms with Crippen LogP contribution in [0.5, 0.6) is 0 Å². The highest BCUT2D eigenvalue weighted by molar-refractivity contribution is 5.48. The van der Waals surface area contributed by atoms with Gasteiger partial charge in [0.05, 0.1) is 0 Å². The van der Waals surface area contributed by atoms with Crippen molar-refractivity contribution in [2.45, 2.75) is 32.1 Å². The van der Waals surface area contributed by atoms with Gasteiger partial charge >= 0.3 is 0 Å². The quantitative estimate of drug-likeness (QED) is 0.317. The van der Waals surface area contributed by atoms with Crippen LogP contribution in [-0.2, 0) is 9.53 Å². The average molecular weight is 170 g/mol. The third-order valence-corrected chi connectivity index (χ3v) is 1.60. The lowest BCUT2D eigenvalue weighted by Crippen LogP contribution is -1.83. The van der Waals surface area contributed by atoms with Crippen molar-refractivity contribution in [3.63, 3.8) is 0 Å². The average Bonchev–Trinajstić information content (AvgIpc) is 2.10. The summed E-state index contributed by atoms with van der Waals surface area (Å²) in [5.74, 6) is 0. The first-order valence-corrected chi connectivity index (χ1v) is 4.49. The van der Waals surface area contributed by atoms with Gasteiger partial charge in [0.15, 0.2) is 0 Å². The Bertz CT molecular complexity index is 119. The number of aldehydes is 1. The van der Waals surface area contributed by atoms with Crippen LogP contribution in [0.3, 0.4) is 0 Å². The van der Waals surface area contributed by atoms with E-state index < -0.39 is 0 Å². The van der Waals surface area contributed by atoms with Gasteiger partial charge in [0, 0.05) is 20.1 Å². The smallest absolute Gasteiger partial charge is 0.119 e. The molecule has 0 bridgehead atoms. The Balaban J connectivity index is 2.97. The molecule has 0 amide bonds. The van der Waals surface area contributed by atoms with Crippen molar-refractivity contribution in [1.29, 1.82) is 0 Å². The maximum absolute atomic E-state index is 9.94. The van der Waals surface area contributed by atoms with Crippen LogP contribution in [0.15, 0.2) is 12.2 Å². The zero-order valence-electron chi connectivity index (χ0n) is 7.79. The van der Waals surface area contributed by atoms with E-state index in [0.717, 1.165) is 38.6 Å². The first kappa shape index (κ1) is 11.4. The summed E-state index contributed by atoms with van der Waals surface area (Å²) in [6, 6.07) is 0. The summed E-state index contributed by atoms with van der Waals surface area (Å²) < 4.78 is 4.89. The second-order valence-corrected chi connectivity index (χ2v) is 2.70. The molecule has 2 nitrogen and oxygen atoms in total. The zero-order chi connectivity index (χ0) is 9.07. The minimum absolute atomic E-state index is 0.700. The minimum atomic E-state index is 0.700. The molecule has 0 radical (unpaired) electrons. The number of carbonyl (C=O) groups excluding carboxylic acids is 1. The standard InChI is InChI=1S/C10H18O2/c1-12-10-8-6-4-2-3-5-7-9-11/h4,6,9H,2-3,5,7-8,10H2,1H3. The molecule has 0 aromatic carbocycles. The molecule has 0 fully saturated rings. The highest BCUT2D eigenvalue weighted by Crippen LogP contribution is 1.99. The lowest BCUT2D eigenvalue weighted by molar-refractivity contribution is -0.107. The monoisotopic (exact) mass is 170 g/mol. The SMILES string of the molecule is COCCC=CCCCCC=O. The van der Waals surface area contributed by atoms with Crippen LogP contribution in [-0.4, -0.2) is 20.0 Å². The van der Waals surface area contributed by atoms with Crippen LogP contribution in [0.1, 0.15) is 32.1 Å². The van der Waals surface area contributed by atoms with Crippen LogP contribution in [0.2, 0.25) is 0 Å². The molecule has 0 aliphatic heterocycles. The van der Waals surface area contributed by atoms with Gasteiger partial charge in [0.2, 0.25) is 0 Å². The van der Waals surface area contributed by atoms with Crippen molar-refractivity contribution in [2.75, 3.05) is 13.7 Å². The lowest BCUT2D eigenvalue weighted by atomic mass is 10.2. The van der Waals surface area contributed by atoms with E-state index >= 15 is 0 Å². The van der Waals surface area contributed by atoms with Crippen LogP contribution in [0.4, 0.5) is 0 Å². The molecule has 0 aromatic rings. The topological polar surface area (TPSA) is 26.3 Å². The van der Waals surface area contributed by atoms with Gasteiger partial charge in [-0.3, -0.25) is 0 Å². The fraction of sp³-hybridized carbons (Fsp3) is 0.700. The molecule has 0 spiro atoms. The lowest BCUT2D eigenvalue weighted by Gasteiger charge is -1.92. The molecule has 12 heavy (non-hydrogen) atoms. The molecule has 0 aliphatic rings. The number of hydrogen-bond acceptors (Lipinski definition) is 2. The molecule has 0 aromatic heterocycles. The third-order valence-electron chi connectivity index (χ3n) is 1.60. The van der Waals surface area contributed by atoms with Gasteiger partial charge in [0.1, 0.15) is 6.29 Å². The number of ether oxygens (including phenoxy) is 1. The van der Waals surface area contributed by atoms with Crippen molar-refractivity contribution in [3.8, 4) is 0 Å². The second kappa shape index (κ2) is 10.4. The Morgan fingerprint density at radius 2 is 1.75 bits per heavy atom. The Hall–Kier alpha value is -0.630. The van der Waals surface area contributed by atoms with Crippen molar-refractivity contribution < 1.29 is 9.53 Å². The predicted molar refractivity (Wildman–Crippen MR) is 50.2 cm³/mol. The molecule has 0 heterocycles. The highest BCUT2D eigenvalue weighted by Gasteiger charge is 1.84. The van der Waals surface area contributed by atoms with Gasteiger partial charge in [-0.25, -0.2) is 0 Å². The van der Waals surface area contributed by atoms with Crippen LogP contribution >= 0.6 is 0 Å². The summed E-state index contributed by atoms with van der Waals surface area (Å²) in [5.41, 5.74) is 0. The largest absolute Gasteiger partial charge is 0.384 e. The molecule has 0 N–H and O–H groups in total. The molecule has 0 rings (SSSR count). The molecule has 70 valence electrons. The number of carbonyl (C=O) groups is 1. The molecular formula is C10H18O2. The predicted octanol–water partition coefficient (Wildman–Crippen LogP) is 2.34. The first-order chi connectivity index (χ1) is 5.91. The van der Waals surface area contributed by atoms with Crippen molar-refractivity contribution in [1.82, 2.24) is 0 Å². The number of allylic oxidation sites excluding steroid dienone is 1. The summed E-state index contributed by atoms with van der Waals surface area (Å²) in [6.07, 6.45) is 10.2. The maximum Gasteiger partial charge on any atom is 0.119 e. The van der Waals surface area contributed by atoms with Gasteiger partial charge in [-0.1, -0.05) is 12.2 Å². The van der Waals surface area contributed by atoms with E-state index in [2.05, 4.69) is 12.2 Å². The van der Waals surface area contributed by atoms with Gasteiger partial charge < -0.3 is 9.53 Å². The molecule has 0 aliphatic carbocycles. The first-order valence-electron chi connectivity index (χ1n) is 4.49. The summed E-state index contributed by atoms with van der Waals surface area (Å²) in [5, 5.41) is 0. The molecule has 2 heteroatoms. The minimum Gasteiger partial charge on any atom is -0.384 e. The van der Waals surface area contributed by atoms with Gasteiger partial charge in [-0.05, 0) is 25.7 Å². The number of methoxy groups -OCH3 is 1. The summed E-state index contributed by atoms with van der Waals surface area (Å²) in [7, 11) is 1.71. The Morgan fingerprint density at radius 3 is 2.42 bits per heavy atom. The number of rotatable bonds is 8. The van der Waals surface area contributed by atoms with Crippen molar-refractivity contribution in [3.05, 3.63) is 12.2 Å². The fourth-order valence-electron chi connectivity index (χ4n) is 0.911. The Labute approximate surface area is 74.6 Å². The number of hydrogen-bond donors (Lipinski definition) is 0. The van der Waals surface area contributed by atoms with E-state index in [1.807, 2.05) is 0 Å².